The Kier molecular flexibility index (Phi) is 14.4. The van der Waals surface area contributed by atoms with E-state index >= 15 is 0 Å². The molecule has 0 atom stereocenters. The second-order valence-electron chi connectivity index (χ2n) is 11.1. The van der Waals surface area contributed by atoms with E-state index in [0.717, 1.165) is 18.7 Å². The first-order valence-electron chi connectivity index (χ1n) is 12.7. The van der Waals surface area contributed by atoms with Gasteiger partial charge in [-0.2, -0.15) is 0 Å². The molecule has 0 radical (unpaired) electrons. The molecule has 0 aromatic carbocycles. The van der Waals surface area contributed by atoms with Crippen LogP contribution in [0.25, 0.3) is 5.76 Å². The first-order valence-corrected chi connectivity index (χ1v) is 20.9. The number of aromatic carboxylic acids is 1. The Morgan fingerprint density at radius 3 is 1.92 bits per heavy atom. The van der Waals surface area contributed by atoms with Gasteiger partial charge in [0, 0.05) is 41.8 Å². The number of methoxy groups -OCH3 is 1. The smallest absolute Gasteiger partial charge is 0.358 e. The summed E-state index contributed by atoms with van der Waals surface area (Å²) in [5.41, 5.74) is 0.234. The average Bonchev–Trinajstić information content (AvgIpc) is 3.42. The number of aromatic nitrogens is 4. The van der Waals surface area contributed by atoms with Gasteiger partial charge in [-0.3, -0.25) is 0 Å². The minimum absolute atomic E-state index is 0.0420. The summed E-state index contributed by atoms with van der Waals surface area (Å²) in [6, 6.07) is 2.17. The zero-order valence-corrected chi connectivity index (χ0v) is 28.0. The monoisotopic (exact) mass is 646 g/mol. The summed E-state index contributed by atoms with van der Waals surface area (Å²) >= 11 is 3.28. The first kappa shape index (κ1) is 34.8. The van der Waals surface area contributed by atoms with Crippen LogP contribution in [0.1, 0.15) is 33.7 Å². The van der Waals surface area contributed by atoms with Gasteiger partial charge in [0.1, 0.15) is 13.5 Å². The number of ether oxygens (including phenoxy) is 4. The number of imidazole rings is 2. The van der Waals surface area contributed by atoms with Crippen LogP contribution in [0.15, 0.2) is 23.7 Å². The molecule has 2 rings (SSSR count). The van der Waals surface area contributed by atoms with Gasteiger partial charge in [-0.05, 0) is 34.9 Å². The van der Waals surface area contributed by atoms with Gasteiger partial charge < -0.3 is 33.2 Å². The summed E-state index contributed by atoms with van der Waals surface area (Å²) in [5, 5.41) is 9.03. The van der Waals surface area contributed by atoms with Crippen molar-refractivity contribution in [2.75, 3.05) is 26.9 Å². The third-order valence-electron chi connectivity index (χ3n) is 5.14. The molecule has 39 heavy (non-hydrogen) atoms. The Morgan fingerprint density at radius 2 is 1.46 bits per heavy atom. The Balaban J connectivity index is 0.000000395. The molecule has 0 saturated heterocycles. The van der Waals surface area contributed by atoms with E-state index in [-0.39, 0.29) is 18.1 Å². The molecule has 2 aromatic rings. The number of rotatable bonds is 15. The van der Waals surface area contributed by atoms with Crippen LogP contribution in [-0.4, -0.2) is 79.2 Å². The summed E-state index contributed by atoms with van der Waals surface area (Å²) in [6.45, 7) is 21.8. The van der Waals surface area contributed by atoms with E-state index in [9.17, 15) is 9.59 Å². The number of hydrogen-bond donors (Lipinski definition) is 1. The molecule has 0 spiro atoms. The largest absolute Gasteiger partial charge is 0.491 e. The molecule has 2 aromatic heterocycles. The minimum atomic E-state index is -1.14. The lowest BCUT2D eigenvalue weighted by molar-refractivity contribution is 0.0592. The molecule has 11 nitrogen and oxygen atoms in total. The van der Waals surface area contributed by atoms with Crippen molar-refractivity contribution in [2.24, 2.45) is 0 Å². The standard InChI is InChI=1S/C14H24N2O4Si.C11H19BrN2O3Si/c1-6-20-11(2)13-15-12(14(17)18)9-16(13)10-19-7-8-21(3,4)5;1-16-10(15)9-7-14(11(12)13-9)8-17-5-6-18(2,3)4/h9H,2,6-8,10H2,1,3-5H3,(H,17,18);7H,5-6,8H2,1-4H3. The molecule has 0 amide bonds. The summed E-state index contributed by atoms with van der Waals surface area (Å²) in [5.74, 6) is -0.793. The molecule has 0 aliphatic carbocycles. The molecule has 1 N–H and O–H groups in total. The Labute approximate surface area is 241 Å². The van der Waals surface area contributed by atoms with E-state index in [1.54, 1.807) is 15.3 Å². The van der Waals surface area contributed by atoms with Gasteiger partial charge in [-0.1, -0.05) is 45.9 Å². The third-order valence-corrected chi connectivity index (χ3v) is 9.18. The fourth-order valence-electron chi connectivity index (χ4n) is 2.85. The summed E-state index contributed by atoms with van der Waals surface area (Å²) in [4.78, 5) is 30.4. The lowest BCUT2D eigenvalue weighted by Crippen LogP contribution is -2.22. The van der Waals surface area contributed by atoms with E-state index in [4.69, 9.17) is 19.3 Å². The molecule has 14 heteroatoms. The Hall–Kier alpha value is -2.27. The summed E-state index contributed by atoms with van der Waals surface area (Å²) in [7, 11) is -0.873. The van der Waals surface area contributed by atoms with Crippen molar-refractivity contribution in [1.29, 1.82) is 0 Å². The molecule has 2 heterocycles. The molecular formula is C25H43BrN4O7Si2. The van der Waals surface area contributed by atoms with Crippen LogP contribution < -0.4 is 0 Å². The number of hydrogen-bond acceptors (Lipinski definition) is 8. The molecule has 0 saturated carbocycles. The van der Waals surface area contributed by atoms with Gasteiger partial charge in [-0.15, -0.1) is 0 Å². The highest BCUT2D eigenvalue weighted by Gasteiger charge is 2.18. The fourth-order valence-corrected chi connectivity index (χ4v) is 4.76. The fraction of sp³-hybridized carbons (Fsp3) is 0.600. The quantitative estimate of drug-likeness (QED) is 0.113. The highest BCUT2D eigenvalue weighted by molar-refractivity contribution is 9.10. The van der Waals surface area contributed by atoms with Crippen molar-refractivity contribution in [3.63, 3.8) is 0 Å². The van der Waals surface area contributed by atoms with Crippen LogP contribution in [0.2, 0.25) is 51.4 Å². The predicted octanol–water partition coefficient (Wildman–Crippen LogP) is 5.65. The van der Waals surface area contributed by atoms with Gasteiger partial charge >= 0.3 is 11.9 Å². The van der Waals surface area contributed by atoms with Crippen molar-refractivity contribution in [3.05, 3.63) is 40.9 Å². The molecule has 220 valence electrons. The molecule has 0 aliphatic rings. The van der Waals surface area contributed by atoms with Gasteiger partial charge in [0.15, 0.2) is 27.7 Å². The number of nitrogens with zero attached hydrogens (tertiary/aromatic N) is 4. The molecule has 0 fully saturated rings. The highest BCUT2D eigenvalue weighted by Crippen LogP contribution is 2.16. The molecule has 0 unspecified atom stereocenters. The van der Waals surface area contributed by atoms with Crippen molar-refractivity contribution in [3.8, 4) is 0 Å². The topological polar surface area (TPSA) is 127 Å². The highest BCUT2D eigenvalue weighted by atomic mass is 79.9. The van der Waals surface area contributed by atoms with E-state index in [1.807, 2.05) is 6.92 Å². The predicted molar refractivity (Wildman–Crippen MR) is 159 cm³/mol. The van der Waals surface area contributed by atoms with Gasteiger partial charge in [0.2, 0.25) is 0 Å². The maximum Gasteiger partial charge on any atom is 0.358 e. The van der Waals surface area contributed by atoms with Crippen molar-refractivity contribution in [1.82, 2.24) is 19.1 Å². The Bertz CT molecular complexity index is 1090. The van der Waals surface area contributed by atoms with E-state index in [0.29, 0.717) is 36.3 Å². The zero-order chi connectivity index (χ0) is 29.8. The van der Waals surface area contributed by atoms with Crippen molar-refractivity contribution < 1.29 is 33.6 Å². The maximum atomic E-state index is 11.3. The van der Waals surface area contributed by atoms with Crippen LogP contribution in [0.5, 0.6) is 0 Å². The second-order valence-corrected chi connectivity index (χ2v) is 23.1. The van der Waals surface area contributed by atoms with Crippen LogP contribution >= 0.6 is 15.9 Å². The zero-order valence-electron chi connectivity index (χ0n) is 24.4. The van der Waals surface area contributed by atoms with Gasteiger partial charge in [-0.25, -0.2) is 19.6 Å². The van der Waals surface area contributed by atoms with E-state index in [2.05, 4.69) is 76.5 Å². The second kappa shape index (κ2) is 16.1. The number of carboxylic acids is 1. The average molecular weight is 648 g/mol. The third kappa shape index (κ3) is 13.6. The SMILES string of the molecule is C=C(OCC)c1nc(C(=O)O)cn1COCC[Si](C)(C)C.COC(=O)c1cn(COCC[Si](C)(C)C)c(Br)n1. The molecular weight excluding hydrogens is 604 g/mol. The van der Waals surface area contributed by atoms with E-state index in [1.165, 1.54) is 13.3 Å². The minimum Gasteiger partial charge on any atom is -0.491 e. The van der Waals surface area contributed by atoms with Crippen LogP contribution in [0.4, 0.5) is 0 Å². The lowest BCUT2D eigenvalue weighted by Gasteiger charge is -2.16. The molecule has 0 bridgehead atoms. The number of carbonyl (C=O) groups excluding carboxylic acids is 1. The van der Waals surface area contributed by atoms with Crippen LogP contribution in [0, 0.1) is 0 Å². The number of carboxylic acid groups (broad SMARTS) is 1. The number of esters is 1. The molecule has 0 aliphatic heterocycles. The van der Waals surface area contributed by atoms with Crippen molar-refractivity contribution >= 4 is 49.8 Å². The maximum absolute atomic E-state index is 11.3. The number of halogens is 1. The van der Waals surface area contributed by atoms with Gasteiger partial charge in [0.05, 0.1) is 13.7 Å². The first-order chi connectivity index (χ1) is 18.1. The Morgan fingerprint density at radius 1 is 0.949 bits per heavy atom. The van der Waals surface area contributed by atoms with Gasteiger partial charge in [0.25, 0.3) is 0 Å². The number of carbonyl (C=O) groups is 2. The lowest BCUT2D eigenvalue weighted by atomic mass is 10.5. The summed E-state index contributed by atoms with van der Waals surface area (Å²) in [6.07, 6.45) is 3.06. The normalized spacial score (nSPS) is 11.5. The van der Waals surface area contributed by atoms with Crippen molar-refractivity contribution in [2.45, 2.75) is 71.8 Å². The van der Waals surface area contributed by atoms with Crippen LogP contribution in [0.3, 0.4) is 0 Å². The van der Waals surface area contributed by atoms with E-state index < -0.39 is 28.1 Å². The summed E-state index contributed by atoms with van der Waals surface area (Å²) < 4.78 is 25.0. The van der Waals surface area contributed by atoms with Crippen LogP contribution in [-0.2, 0) is 32.4 Å².